The van der Waals surface area contributed by atoms with E-state index in [9.17, 15) is 9.59 Å². The van der Waals surface area contributed by atoms with Crippen LogP contribution in [0.3, 0.4) is 0 Å². The van der Waals surface area contributed by atoms with E-state index >= 15 is 0 Å². The van der Waals surface area contributed by atoms with Crippen molar-refractivity contribution in [2.45, 2.75) is 57.5 Å². The van der Waals surface area contributed by atoms with Crippen LogP contribution in [0.1, 0.15) is 44.6 Å². The van der Waals surface area contributed by atoms with Crippen molar-refractivity contribution in [3.8, 4) is 0 Å². The normalized spacial score (nSPS) is 28.8. The summed E-state index contributed by atoms with van der Waals surface area (Å²) in [5.74, 6) is 0.444. The molecule has 2 bridgehead atoms. The van der Waals surface area contributed by atoms with Crippen molar-refractivity contribution in [3.05, 3.63) is 35.9 Å². The SMILES string of the molecule is CCOC(=O)C(Cc1ccccc1)NC(=O)C1CC2CCCC(C1)C2N. The van der Waals surface area contributed by atoms with E-state index in [1.807, 2.05) is 30.3 Å². The molecule has 0 aliphatic heterocycles. The minimum Gasteiger partial charge on any atom is -0.464 e. The number of carbonyl (C=O) groups excluding carboxylic acids is 2. The second-order valence-electron chi connectivity index (χ2n) is 7.70. The zero-order chi connectivity index (χ0) is 18.5. The fourth-order valence-electron chi connectivity index (χ4n) is 4.58. The molecule has 0 radical (unpaired) electrons. The van der Waals surface area contributed by atoms with Crippen LogP contribution in [0.5, 0.6) is 0 Å². The Morgan fingerprint density at radius 1 is 1.19 bits per heavy atom. The molecule has 2 fully saturated rings. The molecule has 3 atom stereocenters. The summed E-state index contributed by atoms with van der Waals surface area (Å²) in [6.07, 6.45) is 5.58. The third-order valence-corrected chi connectivity index (χ3v) is 5.95. The van der Waals surface area contributed by atoms with Gasteiger partial charge >= 0.3 is 5.97 Å². The molecule has 1 aromatic carbocycles. The second kappa shape index (κ2) is 8.67. The van der Waals surface area contributed by atoms with Crippen LogP contribution >= 0.6 is 0 Å². The van der Waals surface area contributed by atoms with Gasteiger partial charge in [-0.25, -0.2) is 4.79 Å². The van der Waals surface area contributed by atoms with E-state index in [1.54, 1.807) is 6.92 Å². The molecule has 1 aromatic rings. The lowest BCUT2D eigenvalue weighted by molar-refractivity contribution is -0.148. The van der Waals surface area contributed by atoms with Crippen molar-refractivity contribution in [1.29, 1.82) is 0 Å². The van der Waals surface area contributed by atoms with Gasteiger partial charge in [-0.3, -0.25) is 4.79 Å². The molecule has 2 saturated carbocycles. The van der Waals surface area contributed by atoms with Crippen molar-refractivity contribution in [2.75, 3.05) is 6.61 Å². The quantitative estimate of drug-likeness (QED) is 0.765. The van der Waals surface area contributed by atoms with Crippen LogP contribution in [0.15, 0.2) is 30.3 Å². The fraction of sp³-hybridized carbons (Fsp3) is 0.619. The maximum atomic E-state index is 12.9. The molecule has 0 saturated heterocycles. The number of carbonyl (C=O) groups is 2. The zero-order valence-electron chi connectivity index (χ0n) is 15.5. The number of rotatable bonds is 6. The third-order valence-electron chi connectivity index (χ3n) is 5.95. The summed E-state index contributed by atoms with van der Waals surface area (Å²) >= 11 is 0. The Morgan fingerprint density at radius 2 is 1.85 bits per heavy atom. The number of benzene rings is 1. The highest BCUT2D eigenvalue weighted by molar-refractivity contribution is 5.86. The van der Waals surface area contributed by atoms with Gasteiger partial charge in [-0.1, -0.05) is 36.8 Å². The van der Waals surface area contributed by atoms with E-state index in [2.05, 4.69) is 5.32 Å². The largest absolute Gasteiger partial charge is 0.464 e. The Labute approximate surface area is 155 Å². The summed E-state index contributed by atoms with van der Waals surface area (Å²) in [6, 6.07) is 9.32. The summed E-state index contributed by atoms with van der Waals surface area (Å²) in [7, 11) is 0. The van der Waals surface area contributed by atoms with E-state index in [-0.39, 0.29) is 23.8 Å². The van der Waals surface area contributed by atoms with Gasteiger partial charge in [-0.15, -0.1) is 0 Å². The summed E-state index contributed by atoms with van der Waals surface area (Å²) in [6.45, 7) is 2.09. The Balaban J connectivity index is 1.65. The number of fused-ring (bicyclic) bond motifs is 2. The zero-order valence-corrected chi connectivity index (χ0v) is 15.5. The Hall–Kier alpha value is -1.88. The molecule has 3 N–H and O–H groups in total. The highest BCUT2D eigenvalue weighted by Gasteiger charge is 2.41. The molecule has 0 aromatic heterocycles. The molecule has 5 heteroatoms. The predicted octanol–water partition coefficient (Wildman–Crippen LogP) is 2.43. The number of nitrogens with two attached hydrogens (primary N) is 1. The highest BCUT2D eigenvalue weighted by Crippen LogP contribution is 2.41. The van der Waals surface area contributed by atoms with Crippen molar-refractivity contribution in [2.24, 2.45) is 23.5 Å². The first kappa shape index (κ1) is 18.9. The first-order valence-corrected chi connectivity index (χ1v) is 9.85. The number of amides is 1. The average molecular weight is 358 g/mol. The molecule has 1 amide bonds. The molecule has 142 valence electrons. The fourth-order valence-corrected chi connectivity index (χ4v) is 4.58. The van der Waals surface area contributed by atoms with Crippen LogP contribution in [-0.2, 0) is 20.7 Å². The predicted molar refractivity (Wildman–Crippen MR) is 100 cm³/mol. The molecule has 3 rings (SSSR count). The molecule has 0 spiro atoms. The maximum Gasteiger partial charge on any atom is 0.328 e. The summed E-state index contributed by atoms with van der Waals surface area (Å²) in [4.78, 5) is 25.2. The van der Waals surface area contributed by atoms with Gasteiger partial charge in [0.25, 0.3) is 0 Å². The van der Waals surface area contributed by atoms with Gasteiger partial charge < -0.3 is 15.8 Å². The standard InChI is InChI=1S/C21H30N2O3/c1-2-26-21(25)18(11-14-7-4-3-5-8-14)23-20(24)17-12-15-9-6-10-16(13-17)19(15)22/h3-5,7-8,15-19H,2,6,9-13,22H2,1H3,(H,23,24). The first-order chi connectivity index (χ1) is 12.6. The summed E-state index contributed by atoms with van der Waals surface area (Å²) < 4.78 is 5.18. The van der Waals surface area contributed by atoms with Crippen molar-refractivity contribution in [3.63, 3.8) is 0 Å². The Kier molecular flexibility index (Phi) is 6.30. The van der Waals surface area contributed by atoms with E-state index < -0.39 is 6.04 Å². The highest BCUT2D eigenvalue weighted by atomic mass is 16.5. The van der Waals surface area contributed by atoms with Gasteiger partial charge in [-0.05, 0) is 50.0 Å². The van der Waals surface area contributed by atoms with Crippen LogP contribution in [-0.4, -0.2) is 30.6 Å². The van der Waals surface area contributed by atoms with E-state index in [1.165, 1.54) is 6.42 Å². The lowest BCUT2D eigenvalue weighted by Gasteiger charge is -2.43. The minimum atomic E-state index is -0.639. The van der Waals surface area contributed by atoms with Crippen molar-refractivity contribution < 1.29 is 14.3 Å². The Bertz CT molecular complexity index is 605. The van der Waals surface area contributed by atoms with Gasteiger partial charge in [0.2, 0.25) is 5.91 Å². The number of ether oxygens (including phenoxy) is 1. The lowest BCUT2D eigenvalue weighted by Crippen LogP contribution is -2.51. The van der Waals surface area contributed by atoms with Crippen LogP contribution < -0.4 is 11.1 Å². The minimum absolute atomic E-state index is 0.0252. The molecule has 2 aliphatic carbocycles. The second-order valence-corrected chi connectivity index (χ2v) is 7.70. The number of hydrogen-bond acceptors (Lipinski definition) is 4. The number of hydrogen-bond donors (Lipinski definition) is 2. The first-order valence-electron chi connectivity index (χ1n) is 9.85. The van der Waals surface area contributed by atoms with E-state index in [4.69, 9.17) is 10.5 Å². The monoisotopic (exact) mass is 358 g/mol. The number of esters is 1. The smallest absolute Gasteiger partial charge is 0.328 e. The molecule has 0 heterocycles. The molecule has 26 heavy (non-hydrogen) atoms. The van der Waals surface area contributed by atoms with Crippen LogP contribution in [0.2, 0.25) is 0 Å². The van der Waals surface area contributed by atoms with Crippen LogP contribution in [0.25, 0.3) is 0 Å². The van der Waals surface area contributed by atoms with Crippen LogP contribution in [0.4, 0.5) is 0 Å². The molecular formula is C21H30N2O3. The van der Waals surface area contributed by atoms with E-state index in [0.717, 1.165) is 31.2 Å². The van der Waals surface area contributed by atoms with Gasteiger partial charge in [0.15, 0.2) is 0 Å². The van der Waals surface area contributed by atoms with Crippen LogP contribution in [0, 0.1) is 17.8 Å². The topological polar surface area (TPSA) is 81.4 Å². The maximum absolute atomic E-state index is 12.9. The summed E-state index contributed by atoms with van der Waals surface area (Å²) in [5.41, 5.74) is 7.34. The third kappa shape index (κ3) is 4.44. The molecular weight excluding hydrogens is 328 g/mol. The molecule has 3 unspecified atom stereocenters. The van der Waals surface area contributed by atoms with Gasteiger partial charge in [0, 0.05) is 18.4 Å². The molecule has 2 aliphatic rings. The Morgan fingerprint density at radius 3 is 2.46 bits per heavy atom. The van der Waals surface area contributed by atoms with Gasteiger partial charge in [0.1, 0.15) is 6.04 Å². The van der Waals surface area contributed by atoms with Crippen molar-refractivity contribution in [1.82, 2.24) is 5.32 Å². The average Bonchev–Trinajstić information content (AvgIpc) is 2.62. The van der Waals surface area contributed by atoms with Crippen molar-refractivity contribution >= 4 is 11.9 Å². The van der Waals surface area contributed by atoms with Gasteiger partial charge in [0.05, 0.1) is 6.61 Å². The van der Waals surface area contributed by atoms with E-state index in [0.29, 0.717) is 24.9 Å². The lowest BCUT2D eigenvalue weighted by atomic mass is 9.65. The number of nitrogens with one attached hydrogen (secondary N) is 1. The van der Waals surface area contributed by atoms with Gasteiger partial charge in [-0.2, -0.15) is 0 Å². The molecule has 5 nitrogen and oxygen atoms in total. The summed E-state index contributed by atoms with van der Waals surface area (Å²) in [5, 5.41) is 2.97.